The number of hydrogen-bond acceptors (Lipinski definition) is 3. The van der Waals surface area contributed by atoms with Gasteiger partial charge >= 0.3 is 0 Å². The second-order valence-corrected chi connectivity index (χ2v) is 13.1. The van der Waals surface area contributed by atoms with Crippen molar-refractivity contribution in [3.8, 4) is 0 Å². The number of benzene rings is 1. The fourth-order valence-corrected chi connectivity index (χ4v) is 9.26. The third kappa shape index (κ3) is 4.23. The number of hydrogen-bond donors (Lipinski definition) is 1. The molecular weight excluding hydrogens is 397 g/mol. The van der Waals surface area contributed by atoms with Crippen molar-refractivity contribution in [2.24, 2.45) is 11.8 Å². The van der Waals surface area contributed by atoms with Crippen LogP contribution < -0.4 is 5.32 Å². The SMILES string of the molecule is CC(C)c1cccc(C(C)C)c1NC1=C(P2N(C(C)C)CCN2C(C)C)[C@H]2CC[C@@H]1C2. The second kappa shape index (κ2) is 9.16. The summed E-state index contributed by atoms with van der Waals surface area (Å²) in [5, 5.41) is 5.95. The van der Waals surface area contributed by atoms with E-state index in [0.29, 0.717) is 23.9 Å². The molecule has 0 unspecified atom stereocenters. The lowest BCUT2D eigenvalue weighted by molar-refractivity contribution is 0.390. The van der Waals surface area contributed by atoms with Crippen LogP contribution >= 0.6 is 8.22 Å². The molecule has 2 atom stereocenters. The molecule has 3 nitrogen and oxygen atoms in total. The summed E-state index contributed by atoms with van der Waals surface area (Å²) in [4.78, 5) is 0. The number of rotatable bonds is 7. The first-order valence-corrected chi connectivity index (χ1v) is 13.9. The van der Waals surface area contributed by atoms with Crippen LogP contribution in [0.3, 0.4) is 0 Å². The van der Waals surface area contributed by atoms with Crippen LogP contribution in [0.4, 0.5) is 5.69 Å². The molecule has 1 saturated heterocycles. The third-order valence-electron chi connectivity index (χ3n) is 7.59. The summed E-state index contributed by atoms with van der Waals surface area (Å²) in [6.07, 6.45) is 4.13. The van der Waals surface area contributed by atoms with E-state index in [1.165, 1.54) is 49.2 Å². The monoisotopic (exact) mass is 441 g/mol. The first-order valence-electron chi connectivity index (χ1n) is 12.7. The fraction of sp³-hybridized carbons (Fsp3) is 0.704. The van der Waals surface area contributed by atoms with Gasteiger partial charge in [0.15, 0.2) is 0 Å². The van der Waals surface area contributed by atoms with Gasteiger partial charge in [0, 0.05) is 47.8 Å². The Kier molecular flexibility index (Phi) is 6.88. The summed E-state index contributed by atoms with van der Waals surface area (Å²) in [6, 6.07) is 8.16. The number of fused-ring (bicyclic) bond motifs is 2. The number of para-hydroxylation sites is 1. The molecule has 2 fully saturated rings. The fourth-order valence-electron chi connectivity index (χ4n) is 5.96. The summed E-state index contributed by atoms with van der Waals surface area (Å²) >= 11 is 0. The Morgan fingerprint density at radius 3 is 1.81 bits per heavy atom. The molecule has 0 aromatic heterocycles. The van der Waals surface area contributed by atoms with Gasteiger partial charge < -0.3 is 5.32 Å². The maximum atomic E-state index is 4.16. The summed E-state index contributed by atoms with van der Waals surface area (Å²) < 4.78 is 5.65. The molecule has 1 N–H and O–H groups in total. The van der Waals surface area contributed by atoms with Crippen LogP contribution in [0.2, 0.25) is 0 Å². The Hall–Kier alpha value is -0.890. The quantitative estimate of drug-likeness (QED) is 0.437. The minimum atomic E-state index is -0.368. The standard InChI is InChI=1S/C27H44N3P/c1-17(2)23-10-9-11-24(18(3)4)26(23)28-25-21-12-13-22(16-21)27(25)31-29(19(5)6)14-15-30(31)20(7)8/h9-11,17-22,28H,12-16H2,1-8H3/t21-,22+/m1/s1. The van der Waals surface area contributed by atoms with Crippen molar-refractivity contribution in [2.45, 2.75) is 98.6 Å². The van der Waals surface area contributed by atoms with Crippen LogP contribution in [0, 0.1) is 11.8 Å². The van der Waals surface area contributed by atoms with E-state index in [9.17, 15) is 0 Å². The molecule has 4 rings (SSSR count). The highest BCUT2D eigenvalue weighted by molar-refractivity contribution is 7.57. The van der Waals surface area contributed by atoms with E-state index in [1.807, 2.05) is 0 Å². The Balaban J connectivity index is 1.82. The van der Waals surface area contributed by atoms with Crippen molar-refractivity contribution in [3.63, 3.8) is 0 Å². The highest BCUT2D eigenvalue weighted by atomic mass is 31.1. The normalized spacial score (nSPS) is 25.4. The summed E-state index contributed by atoms with van der Waals surface area (Å²) in [5.41, 5.74) is 5.97. The Morgan fingerprint density at radius 1 is 0.806 bits per heavy atom. The zero-order valence-corrected chi connectivity index (χ0v) is 22.0. The molecule has 172 valence electrons. The molecule has 0 amide bonds. The van der Waals surface area contributed by atoms with Gasteiger partial charge in [0.2, 0.25) is 0 Å². The number of anilines is 1. The summed E-state index contributed by atoms with van der Waals surface area (Å²) in [5.74, 6) is 2.57. The van der Waals surface area contributed by atoms with Crippen LogP contribution in [0.5, 0.6) is 0 Å². The lowest BCUT2D eigenvalue weighted by Crippen LogP contribution is -2.28. The van der Waals surface area contributed by atoms with E-state index in [1.54, 1.807) is 11.0 Å². The van der Waals surface area contributed by atoms with Gasteiger partial charge in [-0.05, 0) is 75.8 Å². The van der Waals surface area contributed by atoms with Crippen molar-refractivity contribution in [1.82, 2.24) is 9.34 Å². The van der Waals surface area contributed by atoms with E-state index in [2.05, 4.69) is 88.2 Å². The molecule has 3 aliphatic rings. The molecule has 4 heteroatoms. The van der Waals surface area contributed by atoms with Crippen molar-refractivity contribution >= 4 is 13.9 Å². The van der Waals surface area contributed by atoms with Crippen molar-refractivity contribution in [1.29, 1.82) is 0 Å². The maximum Gasteiger partial charge on any atom is 0.0708 e. The first kappa shape index (κ1) is 23.3. The zero-order chi connectivity index (χ0) is 22.4. The second-order valence-electron chi connectivity index (χ2n) is 11.1. The van der Waals surface area contributed by atoms with Crippen LogP contribution in [0.25, 0.3) is 0 Å². The van der Waals surface area contributed by atoms with Crippen molar-refractivity contribution in [3.05, 3.63) is 40.3 Å². The minimum Gasteiger partial charge on any atom is -0.358 e. The van der Waals surface area contributed by atoms with Crippen LogP contribution in [0.1, 0.15) is 97.6 Å². The first-order chi connectivity index (χ1) is 14.7. The van der Waals surface area contributed by atoms with Gasteiger partial charge in [0.05, 0.1) is 8.22 Å². The molecule has 2 bridgehead atoms. The molecule has 1 aromatic rings. The van der Waals surface area contributed by atoms with Crippen LogP contribution in [0.15, 0.2) is 29.2 Å². The van der Waals surface area contributed by atoms with Gasteiger partial charge in [0.25, 0.3) is 0 Å². The number of nitrogens with zero attached hydrogens (tertiary/aromatic N) is 2. The Morgan fingerprint density at radius 2 is 1.32 bits per heavy atom. The minimum absolute atomic E-state index is 0.368. The Labute approximate surface area is 192 Å². The molecule has 1 heterocycles. The van der Waals surface area contributed by atoms with E-state index in [0.717, 1.165) is 11.8 Å². The molecule has 0 spiro atoms. The largest absolute Gasteiger partial charge is 0.358 e. The van der Waals surface area contributed by atoms with Crippen LogP contribution in [-0.4, -0.2) is 34.5 Å². The zero-order valence-electron chi connectivity index (χ0n) is 21.1. The van der Waals surface area contributed by atoms with Gasteiger partial charge in [-0.2, -0.15) is 0 Å². The predicted octanol–water partition coefficient (Wildman–Crippen LogP) is 7.73. The number of nitrogens with one attached hydrogen (secondary N) is 1. The van der Waals surface area contributed by atoms with E-state index in [-0.39, 0.29) is 8.22 Å². The smallest absolute Gasteiger partial charge is 0.0708 e. The predicted molar refractivity (Wildman–Crippen MR) is 137 cm³/mol. The van der Waals surface area contributed by atoms with Gasteiger partial charge in [-0.1, -0.05) is 45.9 Å². The van der Waals surface area contributed by atoms with Gasteiger partial charge in [-0.3, -0.25) is 9.34 Å². The molecule has 31 heavy (non-hydrogen) atoms. The van der Waals surface area contributed by atoms with Crippen molar-refractivity contribution in [2.75, 3.05) is 18.4 Å². The highest BCUT2D eigenvalue weighted by Crippen LogP contribution is 2.67. The lowest BCUT2D eigenvalue weighted by Gasteiger charge is -2.39. The molecule has 2 aliphatic carbocycles. The van der Waals surface area contributed by atoms with Crippen LogP contribution in [-0.2, 0) is 0 Å². The highest BCUT2D eigenvalue weighted by Gasteiger charge is 2.48. The average Bonchev–Trinajstić information content (AvgIpc) is 3.41. The third-order valence-corrected chi connectivity index (χ3v) is 10.9. The molecule has 1 aromatic carbocycles. The summed E-state index contributed by atoms with van der Waals surface area (Å²) in [6.45, 7) is 21.4. The van der Waals surface area contributed by atoms with Gasteiger partial charge in [-0.15, -0.1) is 0 Å². The van der Waals surface area contributed by atoms with E-state index in [4.69, 9.17) is 0 Å². The Bertz CT molecular complexity index is 784. The van der Waals surface area contributed by atoms with Gasteiger partial charge in [0.1, 0.15) is 0 Å². The number of allylic oxidation sites excluding steroid dienone is 2. The van der Waals surface area contributed by atoms with E-state index < -0.39 is 0 Å². The summed E-state index contributed by atoms with van der Waals surface area (Å²) in [7, 11) is -0.368. The molecular formula is C27H44N3P. The molecule has 1 aliphatic heterocycles. The average molecular weight is 442 g/mol. The molecule has 1 saturated carbocycles. The van der Waals surface area contributed by atoms with Gasteiger partial charge in [-0.25, -0.2) is 0 Å². The molecule has 0 radical (unpaired) electrons. The van der Waals surface area contributed by atoms with E-state index >= 15 is 0 Å². The topological polar surface area (TPSA) is 18.5 Å². The lowest BCUT2D eigenvalue weighted by atomic mass is 9.92. The maximum absolute atomic E-state index is 4.16. The van der Waals surface area contributed by atoms with Crippen molar-refractivity contribution < 1.29 is 0 Å².